The number of benzene rings is 2. The van der Waals surface area contributed by atoms with Crippen LogP contribution in [0.3, 0.4) is 0 Å². The van der Waals surface area contributed by atoms with Gasteiger partial charge in [-0.1, -0.05) is 23.4 Å². The lowest BCUT2D eigenvalue weighted by Crippen LogP contribution is -2.15. The highest BCUT2D eigenvalue weighted by atomic mass is 19.1. The smallest absolute Gasteiger partial charge is 0.239 e. The third-order valence-electron chi connectivity index (χ3n) is 4.88. The van der Waals surface area contributed by atoms with Gasteiger partial charge in [0.05, 0.1) is 26.2 Å². The molecule has 0 spiro atoms. The molecule has 0 unspecified atom stereocenters. The molecule has 0 aliphatic heterocycles. The molecule has 1 amide bonds. The first-order valence-corrected chi connectivity index (χ1v) is 9.76. The van der Waals surface area contributed by atoms with E-state index < -0.39 is 11.7 Å². The molecule has 0 saturated carbocycles. The summed E-state index contributed by atoms with van der Waals surface area (Å²) in [5.74, 6) is 0.380. The maximum Gasteiger partial charge on any atom is 0.239 e. The van der Waals surface area contributed by atoms with Crippen LogP contribution in [0.2, 0.25) is 0 Å². The van der Waals surface area contributed by atoms with E-state index >= 15 is 0 Å². The minimum absolute atomic E-state index is 0.144. The number of methoxy groups -OCH3 is 2. The number of hydrogen-bond donors (Lipinski definition) is 1. The summed E-state index contributed by atoms with van der Waals surface area (Å²) in [5.41, 5.74) is 2.80. The van der Waals surface area contributed by atoms with E-state index in [0.29, 0.717) is 28.3 Å². The summed E-state index contributed by atoms with van der Waals surface area (Å²) < 4.78 is 30.1. The molecule has 0 fully saturated rings. The highest BCUT2D eigenvalue weighted by molar-refractivity contribution is 5.98. The van der Waals surface area contributed by atoms with Crippen molar-refractivity contribution in [3.8, 4) is 33.9 Å². The van der Waals surface area contributed by atoms with Crippen molar-refractivity contribution < 1.29 is 23.2 Å². The molecule has 2 aromatic heterocycles. The molecule has 4 rings (SSSR count). The number of anilines is 1. The number of rotatable bonds is 7. The summed E-state index contributed by atoms with van der Waals surface area (Å²) in [6, 6.07) is 15.0. The molecule has 0 saturated heterocycles. The molecule has 0 radical (unpaired) electrons. The van der Waals surface area contributed by atoms with Crippen molar-refractivity contribution in [3.05, 3.63) is 78.4 Å². The van der Waals surface area contributed by atoms with Crippen LogP contribution in [0.5, 0.6) is 11.5 Å². The van der Waals surface area contributed by atoms with Crippen LogP contribution in [0.25, 0.3) is 22.4 Å². The van der Waals surface area contributed by atoms with Crippen molar-refractivity contribution in [2.24, 2.45) is 0 Å². The van der Waals surface area contributed by atoms with Crippen LogP contribution >= 0.6 is 0 Å². The summed E-state index contributed by atoms with van der Waals surface area (Å²) in [5, 5.41) is 6.91. The maximum absolute atomic E-state index is 13.9. The Balaban J connectivity index is 1.72. The molecule has 0 aliphatic rings. The molecule has 4 aromatic rings. The molecule has 1 N–H and O–H groups in total. The number of nitrogens with one attached hydrogen (secondary N) is 1. The van der Waals surface area contributed by atoms with Gasteiger partial charge in [0.1, 0.15) is 11.5 Å². The van der Waals surface area contributed by atoms with Gasteiger partial charge in [-0.2, -0.15) is 0 Å². The number of pyridine rings is 1. The monoisotopic (exact) mass is 433 g/mol. The minimum atomic E-state index is -0.444. The van der Waals surface area contributed by atoms with Gasteiger partial charge >= 0.3 is 0 Å². The molecule has 0 atom stereocenters. The van der Waals surface area contributed by atoms with Crippen molar-refractivity contribution in [2.45, 2.75) is 6.42 Å². The fourth-order valence-corrected chi connectivity index (χ4v) is 3.33. The molecule has 2 heterocycles. The lowest BCUT2D eigenvalue weighted by Gasteiger charge is -2.10. The summed E-state index contributed by atoms with van der Waals surface area (Å²) in [6.07, 6.45) is 3.12. The fourth-order valence-electron chi connectivity index (χ4n) is 3.33. The van der Waals surface area contributed by atoms with E-state index in [0.717, 1.165) is 5.56 Å². The second-order valence-electron chi connectivity index (χ2n) is 6.86. The van der Waals surface area contributed by atoms with Crippen molar-refractivity contribution in [2.75, 3.05) is 19.5 Å². The Hall–Kier alpha value is -4.20. The van der Waals surface area contributed by atoms with Gasteiger partial charge in [0.25, 0.3) is 0 Å². The standard InChI is InChI=1S/C24H20FN3O4/c1-30-19-8-7-17(13-20(19)31-2)23-22(15-9-11-26-12-10-15)24(32-28-23)27-21(29)14-16-5-3-4-6-18(16)25/h3-13H,14H2,1-2H3,(H,27,29). The molecule has 0 aliphatic carbocycles. The van der Waals surface area contributed by atoms with E-state index in [9.17, 15) is 9.18 Å². The molecule has 0 bridgehead atoms. The Morgan fingerprint density at radius 2 is 1.75 bits per heavy atom. The average molecular weight is 433 g/mol. The molecule has 162 valence electrons. The molecule has 2 aromatic carbocycles. The third-order valence-corrected chi connectivity index (χ3v) is 4.88. The van der Waals surface area contributed by atoms with Gasteiger partial charge in [-0.05, 0) is 47.5 Å². The Morgan fingerprint density at radius 1 is 1.00 bits per heavy atom. The number of nitrogens with zero attached hydrogens (tertiary/aromatic N) is 2. The zero-order valence-electron chi connectivity index (χ0n) is 17.5. The molecule has 8 heteroatoms. The number of carbonyl (C=O) groups is 1. The Morgan fingerprint density at radius 3 is 2.47 bits per heavy atom. The number of aromatic nitrogens is 2. The van der Waals surface area contributed by atoms with E-state index in [1.165, 1.54) is 6.07 Å². The molecular formula is C24H20FN3O4. The number of carbonyl (C=O) groups excluding carboxylic acids is 1. The molecule has 7 nitrogen and oxygen atoms in total. The first-order chi connectivity index (χ1) is 15.6. The lowest BCUT2D eigenvalue weighted by molar-refractivity contribution is -0.115. The second-order valence-corrected chi connectivity index (χ2v) is 6.86. The van der Waals surface area contributed by atoms with E-state index in [1.807, 2.05) is 6.07 Å². The quantitative estimate of drug-likeness (QED) is 0.453. The van der Waals surface area contributed by atoms with Crippen LogP contribution in [0.4, 0.5) is 10.3 Å². The Labute approximate surface area is 183 Å². The van der Waals surface area contributed by atoms with Crippen molar-refractivity contribution in [3.63, 3.8) is 0 Å². The van der Waals surface area contributed by atoms with E-state index in [4.69, 9.17) is 14.0 Å². The Bertz CT molecular complexity index is 1240. The topological polar surface area (TPSA) is 86.5 Å². The van der Waals surface area contributed by atoms with Crippen LogP contribution in [-0.2, 0) is 11.2 Å². The summed E-state index contributed by atoms with van der Waals surface area (Å²) in [4.78, 5) is 16.7. The third kappa shape index (κ3) is 4.29. The van der Waals surface area contributed by atoms with E-state index in [1.54, 1.807) is 69.1 Å². The normalized spacial score (nSPS) is 10.6. The van der Waals surface area contributed by atoms with Gasteiger partial charge in [-0.3, -0.25) is 15.1 Å². The fraction of sp³-hybridized carbons (Fsp3) is 0.125. The first-order valence-electron chi connectivity index (χ1n) is 9.76. The van der Waals surface area contributed by atoms with Gasteiger partial charge in [0.15, 0.2) is 11.5 Å². The summed E-state index contributed by atoms with van der Waals surface area (Å²) in [6.45, 7) is 0. The maximum atomic E-state index is 13.9. The number of amides is 1. The van der Waals surface area contributed by atoms with Gasteiger partial charge < -0.3 is 14.0 Å². The molecule has 32 heavy (non-hydrogen) atoms. The van der Waals surface area contributed by atoms with Crippen LogP contribution in [-0.4, -0.2) is 30.3 Å². The Kier molecular flexibility index (Phi) is 6.12. The van der Waals surface area contributed by atoms with Gasteiger partial charge in [0, 0.05) is 18.0 Å². The minimum Gasteiger partial charge on any atom is -0.493 e. The largest absolute Gasteiger partial charge is 0.493 e. The van der Waals surface area contributed by atoms with Gasteiger partial charge in [-0.15, -0.1) is 0 Å². The predicted octanol–water partition coefficient (Wildman–Crippen LogP) is 4.74. The SMILES string of the molecule is COc1ccc(-c2noc(NC(=O)Cc3ccccc3F)c2-c2ccncc2)cc1OC. The van der Waals surface area contributed by atoms with Crippen LogP contribution < -0.4 is 14.8 Å². The lowest BCUT2D eigenvalue weighted by atomic mass is 10.0. The second kappa shape index (κ2) is 9.30. The summed E-state index contributed by atoms with van der Waals surface area (Å²) >= 11 is 0. The number of ether oxygens (including phenoxy) is 2. The average Bonchev–Trinajstić information content (AvgIpc) is 3.24. The number of halogens is 1. The van der Waals surface area contributed by atoms with E-state index in [-0.39, 0.29) is 17.9 Å². The zero-order valence-corrected chi connectivity index (χ0v) is 17.5. The van der Waals surface area contributed by atoms with Crippen LogP contribution in [0.15, 0.2) is 71.5 Å². The van der Waals surface area contributed by atoms with Crippen molar-refractivity contribution >= 4 is 11.8 Å². The van der Waals surface area contributed by atoms with E-state index in [2.05, 4.69) is 15.5 Å². The highest BCUT2D eigenvalue weighted by Crippen LogP contribution is 2.40. The molecular weight excluding hydrogens is 413 g/mol. The number of hydrogen-bond acceptors (Lipinski definition) is 6. The van der Waals surface area contributed by atoms with Crippen molar-refractivity contribution in [1.82, 2.24) is 10.1 Å². The first kappa shape index (κ1) is 21.0. The predicted molar refractivity (Wildman–Crippen MR) is 117 cm³/mol. The van der Waals surface area contributed by atoms with Crippen LogP contribution in [0.1, 0.15) is 5.56 Å². The van der Waals surface area contributed by atoms with Crippen LogP contribution in [0, 0.1) is 5.82 Å². The van der Waals surface area contributed by atoms with Gasteiger partial charge in [-0.25, -0.2) is 4.39 Å². The summed E-state index contributed by atoms with van der Waals surface area (Å²) in [7, 11) is 3.10. The van der Waals surface area contributed by atoms with Gasteiger partial charge in [0.2, 0.25) is 11.8 Å². The van der Waals surface area contributed by atoms with Crippen molar-refractivity contribution in [1.29, 1.82) is 0 Å². The highest BCUT2D eigenvalue weighted by Gasteiger charge is 2.22. The zero-order chi connectivity index (χ0) is 22.5.